The van der Waals surface area contributed by atoms with E-state index in [4.69, 9.17) is 9.47 Å². The van der Waals surface area contributed by atoms with E-state index in [-0.39, 0.29) is 24.5 Å². The van der Waals surface area contributed by atoms with Gasteiger partial charge in [0.05, 0.1) is 32.0 Å². The molecule has 3 aromatic rings. The zero-order valence-electron chi connectivity index (χ0n) is 15.1. The van der Waals surface area contributed by atoms with E-state index < -0.39 is 5.97 Å². The first-order valence-electron chi connectivity index (χ1n) is 8.29. The normalized spacial score (nSPS) is 10.8. The number of thiophene rings is 1. The van der Waals surface area contributed by atoms with Crippen LogP contribution in [0.1, 0.15) is 32.5 Å². The number of carbonyl (C=O) groups excluding carboxylic acids is 2. The zero-order chi connectivity index (χ0) is 19.6. The van der Waals surface area contributed by atoms with Crippen LogP contribution in [0.15, 0.2) is 35.4 Å². The van der Waals surface area contributed by atoms with Gasteiger partial charge < -0.3 is 9.47 Å². The lowest BCUT2D eigenvalue weighted by molar-refractivity contribution is 0.0531. The van der Waals surface area contributed by atoms with E-state index in [0.29, 0.717) is 32.0 Å². The lowest BCUT2D eigenvalue weighted by atomic mass is 10.1. The van der Waals surface area contributed by atoms with E-state index in [1.54, 1.807) is 45.2 Å². The van der Waals surface area contributed by atoms with Gasteiger partial charge in [0, 0.05) is 5.56 Å². The molecule has 1 aromatic carbocycles. The second-order valence-electron chi connectivity index (χ2n) is 5.79. The molecule has 0 fully saturated rings. The van der Waals surface area contributed by atoms with Crippen molar-refractivity contribution in [1.29, 1.82) is 0 Å². The second-order valence-corrected chi connectivity index (χ2v) is 6.79. The number of esters is 1. The number of fused-ring (bicyclic) bond motifs is 1. The highest BCUT2D eigenvalue weighted by molar-refractivity contribution is 7.20. The summed E-state index contributed by atoms with van der Waals surface area (Å²) in [5.74, 6) is -0.0511. The Hall–Kier alpha value is -3.00. The molecule has 0 atom stereocenters. The van der Waals surface area contributed by atoms with Crippen LogP contribution in [0.2, 0.25) is 0 Å². The number of hydrogen-bond donors (Lipinski definition) is 0. The number of carbonyl (C=O) groups is 2. The first kappa shape index (κ1) is 18.8. The van der Waals surface area contributed by atoms with Gasteiger partial charge in [0.1, 0.15) is 15.5 Å². The third-order valence-electron chi connectivity index (χ3n) is 4.10. The summed E-state index contributed by atoms with van der Waals surface area (Å²) in [7, 11) is 1.55. The molecule has 0 aliphatic heterocycles. The molecule has 0 spiro atoms. The molecule has 0 unspecified atom stereocenters. The van der Waals surface area contributed by atoms with Crippen molar-refractivity contribution in [3.8, 4) is 5.75 Å². The van der Waals surface area contributed by atoms with Gasteiger partial charge in [-0.2, -0.15) is 0 Å². The number of aryl methyl sites for hydroxylation is 1. The van der Waals surface area contributed by atoms with Crippen molar-refractivity contribution in [2.45, 2.75) is 20.4 Å². The van der Waals surface area contributed by atoms with E-state index in [0.717, 1.165) is 11.3 Å². The summed E-state index contributed by atoms with van der Waals surface area (Å²) in [5, 5.41) is 0.341. The van der Waals surface area contributed by atoms with Crippen LogP contribution in [0, 0.1) is 6.92 Å². The highest BCUT2D eigenvalue weighted by Gasteiger charge is 2.21. The number of rotatable bonds is 6. The molecule has 0 bridgehead atoms. The Morgan fingerprint density at radius 1 is 1.22 bits per heavy atom. The Morgan fingerprint density at radius 2 is 1.93 bits per heavy atom. The number of aromatic nitrogens is 2. The first-order valence-corrected chi connectivity index (χ1v) is 9.10. The number of Topliss-reactive ketones (excluding diaryl/α,β-unsaturated/α-hetero) is 1. The molecule has 7 nitrogen and oxygen atoms in total. The molecule has 0 amide bonds. The molecule has 2 aromatic heterocycles. The Bertz CT molecular complexity index is 1070. The maximum absolute atomic E-state index is 12.8. The lowest BCUT2D eigenvalue weighted by Crippen LogP contribution is -2.24. The molecule has 8 heteroatoms. The molecule has 2 heterocycles. The Kier molecular flexibility index (Phi) is 5.36. The summed E-state index contributed by atoms with van der Waals surface area (Å²) in [5.41, 5.74) is 0.639. The van der Waals surface area contributed by atoms with Gasteiger partial charge in [-0.1, -0.05) is 0 Å². The van der Waals surface area contributed by atoms with Crippen LogP contribution in [-0.4, -0.2) is 35.0 Å². The van der Waals surface area contributed by atoms with Crippen LogP contribution in [0.3, 0.4) is 0 Å². The summed E-state index contributed by atoms with van der Waals surface area (Å²) < 4.78 is 11.3. The van der Waals surface area contributed by atoms with Gasteiger partial charge in [-0.25, -0.2) is 9.78 Å². The maximum atomic E-state index is 12.8. The number of ketones is 1. The van der Waals surface area contributed by atoms with Gasteiger partial charge in [0.25, 0.3) is 5.56 Å². The van der Waals surface area contributed by atoms with E-state index >= 15 is 0 Å². The average molecular weight is 386 g/mol. The van der Waals surface area contributed by atoms with Crippen LogP contribution in [-0.2, 0) is 11.3 Å². The number of methoxy groups -OCH3 is 1. The minimum atomic E-state index is -0.474. The fraction of sp³-hybridized carbons (Fsp3) is 0.263. The van der Waals surface area contributed by atoms with Crippen molar-refractivity contribution < 1.29 is 19.1 Å². The van der Waals surface area contributed by atoms with Crippen molar-refractivity contribution in [2.75, 3.05) is 13.7 Å². The number of ether oxygens (including phenoxy) is 2. The predicted octanol–water partition coefficient (Wildman–Crippen LogP) is 2.83. The van der Waals surface area contributed by atoms with Gasteiger partial charge in [-0.05, 0) is 43.7 Å². The lowest BCUT2D eigenvalue weighted by Gasteiger charge is -2.06. The fourth-order valence-electron chi connectivity index (χ4n) is 2.69. The molecule has 0 N–H and O–H groups in total. The minimum absolute atomic E-state index is 0.141. The Balaban J connectivity index is 1.94. The van der Waals surface area contributed by atoms with Crippen molar-refractivity contribution in [1.82, 2.24) is 9.55 Å². The maximum Gasteiger partial charge on any atom is 0.348 e. The minimum Gasteiger partial charge on any atom is -0.497 e. The molecule has 0 radical (unpaired) electrons. The summed E-state index contributed by atoms with van der Waals surface area (Å²) in [6, 6.07) is 6.66. The molecule has 27 heavy (non-hydrogen) atoms. The fourth-order valence-corrected chi connectivity index (χ4v) is 3.72. The van der Waals surface area contributed by atoms with E-state index in [2.05, 4.69) is 4.98 Å². The van der Waals surface area contributed by atoms with Crippen LogP contribution in [0.5, 0.6) is 5.75 Å². The average Bonchev–Trinajstić information content (AvgIpc) is 3.01. The van der Waals surface area contributed by atoms with Crippen LogP contribution >= 0.6 is 11.3 Å². The molecule has 0 saturated heterocycles. The van der Waals surface area contributed by atoms with E-state index in [1.165, 1.54) is 10.9 Å². The van der Waals surface area contributed by atoms with Gasteiger partial charge in [-0.3, -0.25) is 14.2 Å². The summed E-state index contributed by atoms with van der Waals surface area (Å²) >= 11 is 1.12. The molecule has 0 aliphatic rings. The van der Waals surface area contributed by atoms with Crippen molar-refractivity contribution in [3.63, 3.8) is 0 Å². The molecule has 0 saturated carbocycles. The molecule has 3 rings (SSSR count). The predicted molar refractivity (Wildman–Crippen MR) is 102 cm³/mol. The number of hydrogen-bond acceptors (Lipinski definition) is 7. The van der Waals surface area contributed by atoms with Crippen molar-refractivity contribution >= 4 is 33.3 Å². The van der Waals surface area contributed by atoms with Gasteiger partial charge >= 0.3 is 5.97 Å². The smallest absolute Gasteiger partial charge is 0.348 e. The molecule has 140 valence electrons. The third kappa shape index (κ3) is 3.61. The van der Waals surface area contributed by atoms with Gasteiger partial charge in [0.2, 0.25) is 0 Å². The topological polar surface area (TPSA) is 87.5 Å². The summed E-state index contributed by atoms with van der Waals surface area (Å²) in [6.45, 7) is 3.51. The number of nitrogens with zero attached hydrogens (tertiary/aromatic N) is 2. The van der Waals surface area contributed by atoms with Crippen LogP contribution in [0.4, 0.5) is 0 Å². The van der Waals surface area contributed by atoms with Gasteiger partial charge in [0.15, 0.2) is 5.78 Å². The van der Waals surface area contributed by atoms with Crippen LogP contribution < -0.4 is 10.3 Å². The summed E-state index contributed by atoms with van der Waals surface area (Å²) in [4.78, 5) is 42.4. The van der Waals surface area contributed by atoms with Gasteiger partial charge in [-0.15, -0.1) is 11.3 Å². The van der Waals surface area contributed by atoms with Crippen LogP contribution in [0.25, 0.3) is 10.2 Å². The SMILES string of the molecule is CCOC(=O)c1sc2ncn(CC(=O)c3ccc(OC)cc3)c(=O)c2c1C. The second kappa shape index (κ2) is 7.71. The van der Waals surface area contributed by atoms with Crippen molar-refractivity contribution in [2.24, 2.45) is 0 Å². The zero-order valence-corrected chi connectivity index (χ0v) is 16.0. The quantitative estimate of drug-likeness (QED) is 0.478. The Morgan fingerprint density at radius 3 is 2.56 bits per heavy atom. The molecule has 0 aliphatic carbocycles. The standard InChI is InChI=1S/C19H18N2O5S/c1-4-26-19(24)16-11(2)15-17(27-16)20-10-21(18(15)23)9-14(22)12-5-7-13(25-3)8-6-12/h5-8,10H,4,9H2,1-3H3. The summed E-state index contributed by atoms with van der Waals surface area (Å²) in [6.07, 6.45) is 1.33. The first-order chi connectivity index (χ1) is 13.0. The Labute approximate surface area is 159 Å². The molecular weight excluding hydrogens is 368 g/mol. The highest BCUT2D eigenvalue weighted by atomic mass is 32.1. The van der Waals surface area contributed by atoms with Crippen molar-refractivity contribution in [3.05, 3.63) is 57.0 Å². The third-order valence-corrected chi connectivity index (χ3v) is 5.28. The van der Waals surface area contributed by atoms with E-state index in [9.17, 15) is 14.4 Å². The largest absolute Gasteiger partial charge is 0.497 e. The monoisotopic (exact) mass is 386 g/mol. The number of benzene rings is 1. The van der Waals surface area contributed by atoms with E-state index in [1.807, 2.05) is 0 Å². The highest BCUT2D eigenvalue weighted by Crippen LogP contribution is 2.27. The molecular formula is C19H18N2O5S.